The van der Waals surface area contributed by atoms with Crippen LogP contribution in [0.5, 0.6) is 5.75 Å². The van der Waals surface area contributed by atoms with Crippen molar-refractivity contribution in [3.63, 3.8) is 0 Å². The van der Waals surface area contributed by atoms with Gasteiger partial charge < -0.3 is 10.1 Å². The normalized spacial score (nSPS) is 11.0. The molecule has 2 aromatic rings. The van der Waals surface area contributed by atoms with Crippen molar-refractivity contribution in [1.82, 2.24) is 5.32 Å². The molecule has 2 aromatic carbocycles. The Morgan fingerprint density at radius 2 is 1.79 bits per heavy atom. The fourth-order valence-electron chi connectivity index (χ4n) is 2.07. The van der Waals surface area contributed by atoms with E-state index in [9.17, 15) is 19.3 Å². The van der Waals surface area contributed by atoms with Gasteiger partial charge in [0.05, 0.1) is 4.92 Å². The van der Waals surface area contributed by atoms with E-state index in [0.29, 0.717) is 5.56 Å². The quantitative estimate of drug-likeness (QED) is 0.671. The standard InChI is InChI=1S/C17H17FN2O4/c1-17(2,3)19-16(21)24-13-10-9-12(11-7-5-4-6-8-11)14(18)15(13)20(22)23/h4-10H,1-3H3,(H,19,21). The zero-order valence-corrected chi connectivity index (χ0v) is 13.5. The summed E-state index contributed by atoms with van der Waals surface area (Å²) in [5.41, 5.74) is -0.913. The summed E-state index contributed by atoms with van der Waals surface area (Å²) in [5.74, 6) is -1.49. The number of rotatable bonds is 3. The van der Waals surface area contributed by atoms with E-state index >= 15 is 0 Å². The lowest BCUT2D eigenvalue weighted by molar-refractivity contribution is -0.388. The Morgan fingerprint density at radius 3 is 2.33 bits per heavy atom. The van der Waals surface area contributed by atoms with Crippen molar-refractivity contribution in [3.05, 3.63) is 58.4 Å². The van der Waals surface area contributed by atoms with Crippen LogP contribution in [-0.2, 0) is 0 Å². The van der Waals surface area contributed by atoms with E-state index in [1.807, 2.05) is 0 Å². The summed E-state index contributed by atoms with van der Waals surface area (Å²) in [6.45, 7) is 5.17. The number of hydrogen-bond acceptors (Lipinski definition) is 4. The molecule has 1 amide bonds. The van der Waals surface area contributed by atoms with Gasteiger partial charge >= 0.3 is 11.8 Å². The predicted molar refractivity (Wildman–Crippen MR) is 87.4 cm³/mol. The average Bonchev–Trinajstić information content (AvgIpc) is 2.45. The Morgan fingerprint density at radius 1 is 1.17 bits per heavy atom. The molecule has 6 nitrogen and oxygen atoms in total. The van der Waals surface area contributed by atoms with Crippen LogP contribution in [0.3, 0.4) is 0 Å². The van der Waals surface area contributed by atoms with Crippen molar-refractivity contribution in [1.29, 1.82) is 0 Å². The second-order valence-electron chi connectivity index (χ2n) is 6.16. The number of ether oxygens (including phenoxy) is 1. The van der Waals surface area contributed by atoms with Crippen LogP contribution in [0.15, 0.2) is 42.5 Å². The molecule has 0 heterocycles. The third kappa shape index (κ3) is 4.07. The number of nitro groups is 1. The molecule has 0 saturated heterocycles. The van der Waals surface area contributed by atoms with E-state index in [1.165, 1.54) is 12.1 Å². The summed E-state index contributed by atoms with van der Waals surface area (Å²) in [6, 6.07) is 11.0. The third-order valence-corrected chi connectivity index (χ3v) is 3.03. The van der Waals surface area contributed by atoms with E-state index < -0.39 is 33.8 Å². The molecule has 24 heavy (non-hydrogen) atoms. The molecule has 7 heteroatoms. The van der Waals surface area contributed by atoms with Crippen LogP contribution in [0.4, 0.5) is 14.9 Å². The number of nitrogens with zero attached hydrogens (tertiary/aromatic N) is 1. The van der Waals surface area contributed by atoms with Gasteiger partial charge in [0.1, 0.15) is 0 Å². The van der Waals surface area contributed by atoms with Crippen molar-refractivity contribution >= 4 is 11.8 Å². The van der Waals surface area contributed by atoms with Gasteiger partial charge in [0.15, 0.2) is 0 Å². The lowest BCUT2D eigenvalue weighted by atomic mass is 10.0. The largest absolute Gasteiger partial charge is 0.413 e. The zero-order chi connectivity index (χ0) is 17.9. The monoisotopic (exact) mass is 332 g/mol. The van der Waals surface area contributed by atoms with E-state index in [0.717, 1.165) is 0 Å². The van der Waals surface area contributed by atoms with Crippen molar-refractivity contribution < 1.29 is 18.8 Å². The van der Waals surface area contributed by atoms with Gasteiger partial charge in [-0.3, -0.25) is 10.1 Å². The molecule has 0 fully saturated rings. The summed E-state index contributed by atoms with van der Waals surface area (Å²) in [4.78, 5) is 22.1. The molecule has 1 N–H and O–H groups in total. The molecule has 0 atom stereocenters. The highest BCUT2D eigenvalue weighted by molar-refractivity contribution is 5.75. The van der Waals surface area contributed by atoms with Crippen LogP contribution in [0.25, 0.3) is 11.1 Å². The SMILES string of the molecule is CC(C)(C)NC(=O)Oc1ccc(-c2ccccc2)c(F)c1[N+](=O)[O-]. The number of amides is 1. The molecule has 0 unspecified atom stereocenters. The number of benzene rings is 2. The van der Waals surface area contributed by atoms with E-state index in [4.69, 9.17) is 4.74 Å². The lowest BCUT2D eigenvalue weighted by Gasteiger charge is -2.19. The first-order chi connectivity index (χ1) is 11.2. The minimum Gasteiger partial charge on any atom is -0.403 e. The van der Waals surface area contributed by atoms with Crippen molar-refractivity contribution in [3.8, 4) is 16.9 Å². The van der Waals surface area contributed by atoms with Crippen LogP contribution >= 0.6 is 0 Å². The fraction of sp³-hybridized carbons (Fsp3) is 0.235. The van der Waals surface area contributed by atoms with Gasteiger partial charge in [-0.2, -0.15) is 4.39 Å². The topological polar surface area (TPSA) is 81.5 Å². The predicted octanol–water partition coefficient (Wildman–Crippen LogP) is 4.29. The Hall–Kier alpha value is -2.96. The summed E-state index contributed by atoms with van der Waals surface area (Å²) >= 11 is 0. The van der Waals surface area contributed by atoms with Gasteiger partial charge in [-0.15, -0.1) is 0 Å². The van der Waals surface area contributed by atoms with E-state index in [-0.39, 0.29) is 5.56 Å². The minimum atomic E-state index is -1.05. The Kier molecular flexibility index (Phi) is 4.82. The summed E-state index contributed by atoms with van der Waals surface area (Å²) in [5, 5.41) is 13.7. The third-order valence-electron chi connectivity index (χ3n) is 3.03. The Balaban J connectivity index is 2.42. The van der Waals surface area contributed by atoms with Gasteiger partial charge in [0, 0.05) is 11.1 Å². The first-order valence-corrected chi connectivity index (χ1v) is 7.21. The molecule has 0 aliphatic carbocycles. The molecule has 0 radical (unpaired) electrons. The van der Waals surface area contributed by atoms with Crippen molar-refractivity contribution in [2.75, 3.05) is 0 Å². The number of halogens is 1. The molecule has 0 spiro atoms. The lowest BCUT2D eigenvalue weighted by Crippen LogP contribution is -2.42. The maximum Gasteiger partial charge on any atom is 0.413 e. The van der Waals surface area contributed by atoms with Crippen molar-refractivity contribution in [2.45, 2.75) is 26.3 Å². The summed E-state index contributed by atoms with van der Waals surface area (Å²) in [7, 11) is 0. The minimum absolute atomic E-state index is 0.0610. The molecule has 0 aliphatic rings. The molecule has 0 bridgehead atoms. The van der Waals surface area contributed by atoms with Gasteiger partial charge in [-0.1, -0.05) is 30.3 Å². The van der Waals surface area contributed by atoms with Gasteiger partial charge in [0.25, 0.3) is 0 Å². The molecular formula is C17H17FN2O4. The number of nitrogens with one attached hydrogen (secondary N) is 1. The maximum absolute atomic E-state index is 14.6. The van der Waals surface area contributed by atoms with Gasteiger partial charge in [-0.05, 0) is 38.5 Å². The maximum atomic E-state index is 14.6. The number of hydrogen-bond donors (Lipinski definition) is 1. The molecule has 2 rings (SSSR count). The van der Waals surface area contributed by atoms with Crippen LogP contribution in [-0.4, -0.2) is 16.6 Å². The number of carbonyl (C=O) groups excluding carboxylic acids is 1. The van der Waals surface area contributed by atoms with E-state index in [2.05, 4.69) is 5.32 Å². The van der Waals surface area contributed by atoms with E-state index in [1.54, 1.807) is 51.1 Å². The van der Waals surface area contributed by atoms with Crippen molar-refractivity contribution in [2.24, 2.45) is 0 Å². The number of nitro benzene ring substituents is 1. The second-order valence-corrected chi connectivity index (χ2v) is 6.16. The molecule has 0 aliphatic heterocycles. The summed E-state index contributed by atoms with van der Waals surface area (Å²) < 4.78 is 19.5. The number of carbonyl (C=O) groups is 1. The second kappa shape index (κ2) is 6.66. The van der Waals surface area contributed by atoms with Crippen LogP contribution in [0.2, 0.25) is 0 Å². The smallest absolute Gasteiger partial charge is 0.403 e. The molecular weight excluding hydrogens is 315 g/mol. The first-order valence-electron chi connectivity index (χ1n) is 7.21. The average molecular weight is 332 g/mol. The van der Waals surface area contributed by atoms with Crippen LogP contribution in [0.1, 0.15) is 20.8 Å². The van der Waals surface area contributed by atoms with Gasteiger partial charge in [0.2, 0.25) is 11.6 Å². The highest BCUT2D eigenvalue weighted by atomic mass is 19.1. The Labute approximate surface area is 138 Å². The van der Waals surface area contributed by atoms with Crippen LogP contribution in [0, 0.1) is 15.9 Å². The fourth-order valence-corrected chi connectivity index (χ4v) is 2.07. The summed E-state index contributed by atoms with van der Waals surface area (Å²) in [6.07, 6.45) is -0.891. The molecule has 0 aromatic heterocycles. The first kappa shape index (κ1) is 17.4. The zero-order valence-electron chi connectivity index (χ0n) is 13.5. The molecule has 0 saturated carbocycles. The Bertz CT molecular complexity index is 770. The van der Waals surface area contributed by atoms with Gasteiger partial charge in [-0.25, -0.2) is 4.79 Å². The van der Waals surface area contributed by atoms with Crippen LogP contribution < -0.4 is 10.1 Å². The highest BCUT2D eigenvalue weighted by Crippen LogP contribution is 2.36. The molecule has 126 valence electrons. The highest BCUT2D eigenvalue weighted by Gasteiger charge is 2.28.